The fourth-order valence-electron chi connectivity index (χ4n) is 3.00. The van der Waals surface area contributed by atoms with Crippen molar-refractivity contribution in [2.75, 3.05) is 33.3 Å². The lowest BCUT2D eigenvalue weighted by Gasteiger charge is -2.15. The molecular formula is C18H23N3O2S. The molecule has 1 aromatic heterocycles. The molecule has 1 aliphatic rings. The molecule has 2 heterocycles. The number of nitrogens with zero attached hydrogens (tertiary/aromatic N) is 2. The molecule has 1 saturated heterocycles. The van der Waals surface area contributed by atoms with Gasteiger partial charge in [-0.25, -0.2) is 4.98 Å². The lowest BCUT2D eigenvalue weighted by Crippen LogP contribution is -2.30. The zero-order valence-corrected chi connectivity index (χ0v) is 14.9. The molecule has 1 aliphatic heterocycles. The number of carbonyl (C=O) groups is 1. The number of aromatic nitrogens is 1. The molecule has 0 radical (unpaired) electrons. The molecule has 1 fully saturated rings. The van der Waals surface area contributed by atoms with E-state index in [0.29, 0.717) is 18.2 Å². The maximum atomic E-state index is 12.6. The first-order valence-corrected chi connectivity index (χ1v) is 9.22. The van der Waals surface area contributed by atoms with E-state index in [0.717, 1.165) is 42.4 Å². The Morgan fingerprint density at radius 2 is 2.21 bits per heavy atom. The lowest BCUT2D eigenvalue weighted by atomic mass is 10.1. The third kappa shape index (κ3) is 3.76. The summed E-state index contributed by atoms with van der Waals surface area (Å²) in [6.07, 6.45) is 1.06. The van der Waals surface area contributed by atoms with Crippen molar-refractivity contribution in [3.63, 3.8) is 0 Å². The number of carbonyl (C=O) groups excluding carboxylic acids is 1. The van der Waals surface area contributed by atoms with E-state index < -0.39 is 0 Å². The molecule has 128 valence electrons. The first kappa shape index (κ1) is 16.9. The second kappa shape index (κ2) is 7.77. The van der Waals surface area contributed by atoms with Crippen LogP contribution in [0.25, 0.3) is 10.6 Å². The highest BCUT2D eigenvalue weighted by molar-refractivity contribution is 7.13. The summed E-state index contributed by atoms with van der Waals surface area (Å²) < 4.78 is 5.45. The minimum Gasteiger partial charge on any atom is -0.494 e. The third-order valence-corrected chi connectivity index (χ3v) is 5.09. The van der Waals surface area contributed by atoms with Gasteiger partial charge in [0.25, 0.3) is 5.91 Å². The van der Waals surface area contributed by atoms with Crippen LogP contribution in [0.3, 0.4) is 0 Å². The van der Waals surface area contributed by atoms with Gasteiger partial charge in [0.05, 0.1) is 6.61 Å². The molecule has 24 heavy (non-hydrogen) atoms. The maximum Gasteiger partial charge on any atom is 0.273 e. The molecular weight excluding hydrogens is 322 g/mol. The maximum absolute atomic E-state index is 12.6. The molecule has 0 aliphatic carbocycles. The van der Waals surface area contributed by atoms with Gasteiger partial charge in [0, 0.05) is 24.0 Å². The van der Waals surface area contributed by atoms with Crippen molar-refractivity contribution in [1.29, 1.82) is 0 Å². The van der Waals surface area contributed by atoms with Gasteiger partial charge in [0.2, 0.25) is 0 Å². The van der Waals surface area contributed by atoms with Crippen LogP contribution < -0.4 is 10.1 Å². The molecule has 0 saturated carbocycles. The highest BCUT2D eigenvalue weighted by Crippen LogP contribution is 2.27. The number of hydrogen-bond donors (Lipinski definition) is 1. The Balaban J connectivity index is 1.67. The first-order chi connectivity index (χ1) is 11.7. The number of likely N-dealkylation sites (tertiary alicyclic amines) is 1. The zero-order chi connectivity index (χ0) is 16.9. The molecule has 1 atom stereocenters. The molecule has 6 heteroatoms. The average molecular weight is 345 g/mol. The molecule has 1 aromatic carbocycles. The van der Waals surface area contributed by atoms with E-state index >= 15 is 0 Å². The van der Waals surface area contributed by atoms with E-state index in [4.69, 9.17) is 4.74 Å². The van der Waals surface area contributed by atoms with Crippen LogP contribution in [-0.4, -0.2) is 49.1 Å². The quantitative estimate of drug-likeness (QED) is 0.875. The smallest absolute Gasteiger partial charge is 0.273 e. The molecule has 0 spiro atoms. The summed E-state index contributed by atoms with van der Waals surface area (Å²) in [7, 11) is 1.95. The van der Waals surface area contributed by atoms with Gasteiger partial charge < -0.3 is 15.0 Å². The highest BCUT2D eigenvalue weighted by Gasteiger charge is 2.27. The van der Waals surface area contributed by atoms with Crippen LogP contribution in [0.15, 0.2) is 29.6 Å². The van der Waals surface area contributed by atoms with E-state index in [9.17, 15) is 4.79 Å². The largest absolute Gasteiger partial charge is 0.494 e. The summed E-state index contributed by atoms with van der Waals surface area (Å²) in [5, 5.41) is 5.91. The topological polar surface area (TPSA) is 54.5 Å². The fourth-order valence-corrected chi connectivity index (χ4v) is 3.80. The number of hydrogen-bond acceptors (Lipinski definition) is 5. The normalized spacial score (nSPS) is 17.2. The van der Waals surface area contributed by atoms with E-state index in [-0.39, 0.29) is 5.91 Å². The molecule has 1 unspecified atom stereocenters. The first-order valence-electron chi connectivity index (χ1n) is 8.34. The Hall–Kier alpha value is -1.92. The van der Waals surface area contributed by atoms with Crippen molar-refractivity contribution in [3.05, 3.63) is 35.3 Å². The minimum atomic E-state index is 0.0436. The summed E-state index contributed by atoms with van der Waals surface area (Å²) in [4.78, 5) is 19.1. The van der Waals surface area contributed by atoms with Crippen molar-refractivity contribution in [2.45, 2.75) is 13.3 Å². The number of nitrogens with one attached hydrogen (secondary N) is 1. The van der Waals surface area contributed by atoms with Crippen molar-refractivity contribution >= 4 is 17.2 Å². The number of thiazole rings is 1. The van der Waals surface area contributed by atoms with Crippen molar-refractivity contribution in [3.8, 4) is 16.3 Å². The summed E-state index contributed by atoms with van der Waals surface area (Å²) in [6, 6.07) is 7.84. The lowest BCUT2D eigenvalue weighted by molar-refractivity contribution is 0.0782. The predicted octanol–water partition coefficient (Wildman–Crippen LogP) is 2.89. The summed E-state index contributed by atoms with van der Waals surface area (Å²) in [6.45, 7) is 5.21. The van der Waals surface area contributed by atoms with Crippen molar-refractivity contribution < 1.29 is 9.53 Å². The second-order valence-electron chi connectivity index (χ2n) is 5.96. The van der Waals surface area contributed by atoms with Gasteiger partial charge in [0.15, 0.2) is 0 Å². The van der Waals surface area contributed by atoms with Gasteiger partial charge in [-0.05, 0) is 57.1 Å². The Morgan fingerprint density at radius 3 is 2.92 bits per heavy atom. The molecule has 3 rings (SSSR count). The molecule has 1 amide bonds. The van der Waals surface area contributed by atoms with Crippen LogP contribution in [0, 0.1) is 5.92 Å². The standard InChI is InChI=1S/C18H23N3O2S/c1-3-23-15-6-4-14(5-7-15)17-20-16(12-24-17)18(22)21-9-8-13(11-21)10-19-2/h4-7,12-13,19H,3,8-11H2,1-2H3. The fraction of sp³-hybridized carbons (Fsp3) is 0.444. The summed E-state index contributed by atoms with van der Waals surface area (Å²) >= 11 is 1.51. The van der Waals surface area contributed by atoms with Crippen LogP contribution in [-0.2, 0) is 0 Å². The number of ether oxygens (including phenoxy) is 1. The van der Waals surface area contributed by atoms with E-state index in [1.807, 2.05) is 48.5 Å². The van der Waals surface area contributed by atoms with E-state index in [2.05, 4.69) is 10.3 Å². The molecule has 2 aromatic rings. The number of rotatable bonds is 6. The van der Waals surface area contributed by atoms with Crippen LogP contribution in [0.2, 0.25) is 0 Å². The van der Waals surface area contributed by atoms with Gasteiger partial charge in [-0.15, -0.1) is 11.3 Å². The predicted molar refractivity (Wildman–Crippen MR) is 96.7 cm³/mol. The van der Waals surface area contributed by atoms with Gasteiger partial charge in [-0.2, -0.15) is 0 Å². The van der Waals surface area contributed by atoms with Gasteiger partial charge in [-0.1, -0.05) is 0 Å². The van der Waals surface area contributed by atoms with Crippen molar-refractivity contribution in [2.24, 2.45) is 5.92 Å². The van der Waals surface area contributed by atoms with Gasteiger partial charge >= 0.3 is 0 Å². The Kier molecular flexibility index (Phi) is 5.48. The van der Waals surface area contributed by atoms with Crippen LogP contribution in [0.5, 0.6) is 5.75 Å². The zero-order valence-electron chi connectivity index (χ0n) is 14.1. The summed E-state index contributed by atoms with van der Waals surface area (Å²) in [5.41, 5.74) is 1.56. The van der Waals surface area contributed by atoms with Crippen LogP contribution >= 0.6 is 11.3 Å². The molecule has 1 N–H and O–H groups in total. The van der Waals surface area contributed by atoms with Gasteiger partial charge in [-0.3, -0.25) is 4.79 Å². The highest BCUT2D eigenvalue weighted by atomic mass is 32.1. The van der Waals surface area contributed by atoms with Crippen LogP contribution in [0.4, 0.5) is 0 Å². The summed E-state index contributed by atoms with van der Waals surface area (Å²) in [5.74, 6) is 1.44. The van der Waals surface area contributed by atoms with Gasteiger partial charge in [0.1, 0.15) is 16.5 Å². The number of amides is 1. The van der Waals surface area contributed by atoms with Crippen molar-refractivity contribution in [1.82, 2.24) is 15.2 Å². The molecule has 5 nitrogen and oxygen atoms in total. The Bertz CT molecular complexity index is 684. The van der Waals surface area contributed by atoms with Crippen LogP contribution in [0.1, 0.15) is 23.8 Å². The SMILES string of the molecule is CCOc1ccc(-c2nc(C(=O)N3CCC(CNC)C3)cs2)cc1. The Morgan fingerprint density at radius 1 is 1.42 bits per heavy atom. The minimum absolute atomic E-state index is 0.0436. The number of benzene rings is 1. The van der Waals surface area contributed by atoms with E-state index in [1.165, 1.54) is 11.3 Å². The Labute approximate surface area is 146 Å². The second-order valence-corrected chi connectivity index (χ2v) is 6.82. The van der Waals surface area contributed by atoms with E-state index in [1.54, 1.807) is 0 Å². The monoisotopic (exact) mass is 345 g/mol. The third-order valence-electron chi connectivity index (χ3n) is 4.20. The molecule has 0 bridgehead atoms. The average Bonchev–Trinajstić information content (AvgIpc) is 3.25.